The highest BCUT2D eigenvalue weighted by Gasteiger charge is 2.13. The van der Waals surface area contributed by atoms with Crippen LogP contribution >= 0.6 is 0 Å². The van der Waals surface area contributed by atoms with Crippen LogP contribution in [0.3, 0.4) is 0 Å². The van der Waals surface area contributed by atoms with Crippen molar-refractivity contribution in [1.82, 2.24) is 14.9 Å². The lowest BCUT2D eigenvalue weighted by Crippen LogP contribution is -2.20. The van der Waals surface area contributed by atoms with Gasteiger partial charge in [-0.15, -0.1) is 0 Å². The van der Waals surface area contributed by atoms with Crippen molar-refractivity contribution in [3.05, 3.63) is 53.6 Å². The normalized spacial score (nSPS) is 10.6. The van der Waals surface area contributed by atoms with Gasteiger partial charge in [0.05, 0.1) is 12.8 Å². The molecule has 1 aromatic heterocycles. The van der Waals surface area contributed by atoms with Crippen LogP contribution < -0.4 is 4.74 Å². The Labute approximate surface area is 123 Å². The minimum Gasteiger partial charge on any atom is -0.497 e. The van der Waals surface area contributed by atoms with E-state index in [9.17, 15) is 4.79 Å². The van der Waals surface area contributed by atoms with Crippen LogP contribution in [-0.4, -0.2) is 40.1 Å². The smallest absolute Gasteiger partial charge is 0.339 e. The van der Waals surface area contributed by atoms with Gasteiger partial charge in [0.25, 0.3) is 0 Å². The minimum absolute atomic E-state index is 0.138. The van der Waals surface area contributed by atoms with Gasteiger partial charge in [0.2, 0.25) is 0 Å². The summed E-state index contributed by atoms with van der Waals surface area (Å²) in [6.07, 6.45) is 2.69. The van der Waals surface area contributed by atoms with Gasteiger partial charge in [-0.1, -0.05) is 12.1 Å². The van der Waals surface area contributed by atoms with E-state index in [0.29, 0.717) is 18.8 Å². The molecule has 2 rings (SSSR count). The van der Waals surface area contributed by atoms with Gasteiger partial charge >= 0.3 is 5.97 Å². The first-order valence-electron chi connectivity index (χ1n) is 6.44. The Bertz CT molecular complexity index is 614. The van der Waals surface area contributed by atoms with Gasteiger partial charge in [-0.25, -0.2) is 14.8 Å². The Morgan fingerprint density at radius 2 is 2.00 bits per heavy atom. The van der Waals surface area contributed by atoms with Crippen LogP contribution in [-0.2, 0) is 13.1 Å². The molecular formula is C15H17N3O3. The molecule has 0 aliphatic carbocycles. The van der Waals surface area contributed by atoms with Crippen LogP contribution in [0.4, 0.5) is 0 Å². The summed E-state index contributed by atoms with van der Waals surface area (Å²) in [6, 6.07) is 7.76. The van der Waals surface area contributed by atoms with Crippen molar-refractivity contribution in [3.8, 4) is 5.75 Å². The molecule has 0 radical (unpaired) electrons. The number of benzene rings is 1. The zero-order valence-electron chi connectivity index (χ0n) is 12.0. The highest BCUT2D eigenvalue weighted by atomic mass is 16.5. The first kappa shape index (κ1) is 14.9. The van der Waals surface area contributed by atoms with E-state index in [0.717, 1.165) is 11.3 Å². The number of methoxy groups -OCH3 is 1. The SMILES string of the molecule is COc1ccc(CN(C)Cc2ncncc2C(=O)O)cc1. The van der Waals surface area contributed by atoms with Crippen molar-refractivity contribution in [3.63, 3.8) is 0 Å². The molecule has 1 aromatic carbocycles. The molecule has 0 atom stereocenters. The summed E-state index contributed by atoms with van der Waals surface area (Å²) < 4.78 is 5.12. The maximum absolute atomic E-state index is 11.1. The maximum atomic E-state index is 11.1. The molecule has 0 spiro atoms. The monoisotopic (exact) mass is 287 g/mol. The van der Waals surface area contributed by atoms with Gasteiger partial charge in [0, 0.05) is 19.3 Å². The fraction of sp³-hybridized carbons (Fsp3) is 0.267. The van der Waals surface area contributed by atoms with Crippen LogP contribution in [0.2, 0.25) is 0 Å². The van der Waals surface area contributed by atoms with E-state index in [1.54, 1.807) is 7.11 Å². The van der Waals surface area contributed by atoms with Crippen molar-refractivity contribution in [2.75, 3.05) is 14.2 Å². The van der Waals surface area contributed by atoms with Crippen molar-refractivity contribution in [2.24, 2.45) is 0 Å². The fourth-order valence-corrected chi connectivity index (χ4v) is 2.01. The average molecular weight is 287 g/mol. The van der Waals surface area contributed by atoms with Crippen molar-refractivity contribution >= 4 is 5.97 Å². The molecule has 0 bridgehead atoms. The zero-order valence-corrected chi connectivity index (χ0v) is 12.0. The number of aromatic carboxylic acids is 1. The van der Waals surface area contributed by atoms with Crippen molar-refractivity contribution in [1.29, 1.82) is 0 Å². The lowest BCUT2D eigenvalue weighted by atomic mass is 10.2. The van der Waals surface area contributed by atoms with Crippen LogP contribution in [0.15, 0.2) is 36.8 Å². The highest BCUT2D eigenvalue weighted by molar-refractivity contribution is 5.88. The molecule has 6 nitrogen and oxygen atoms in total. The highest BCUT2D eigenvalue weighted by Crippen LogP contribution is 2.14. The quantitative estimate of drug-likeness (QED) is 0.873. The number of rotatable bonds is 6. The van der Waals surface area contributed by atoms with Crippen LogP contribution in [0.25, 0.3) is 0 Å². The number of hydrogen-bond donors (Lipinski definition) is 1. The molecule has 0 unspecified atom stereocenters. The molecule has 0 fully saturated rings. The number of hydrogen-bond acceptors (Lipinski definition) is 5. The van der Waals surface area contributed by atoms with Gasteiger partial charge in [0.15, 0.2) is 0 Å². The Morgan fingerprint density at radius 3 is 2.62 bits per heavy atom. The Hall–Kier alpha value is -2.47. The van der Waals surface area contributed by atoms with Crippen LogP contribution in [0.1, 0.15) is 21.6 Å². The first-order chi connectivity index (χ1) is 10.1. The third-order valence-electron chi connectivity index (χ3n) is 3.06. The lowest BCUT2D eigenvalue weighted by Gasteiger charge is -2.17. The second-order valence-corrected chi connectivity index (χ2v) is 4.71. The van der Waals surface area contributed by atoms with Crippen molar-refractivity contribution < 1.29 is 14.6 Å². The summed E-state index contributed by atoms with van der Waals surface area (Å²) in [6.45, 7) is 1.13. The zero-order chi connectivity index (χ0) is 15.2. The Balaban J connectivity index is 2.04. The van der Waals surface area contributed by atoms with Crippen molar-refractivity contribution in [2.45, 2.75) is 13.1 Å². The second-order valence-electron chi connectivity index (χ2n) is 4.71. The summed E-state index contributed by atoms with van der Waals surface area (Å²) in [5.41, 5.74) is 1.76. The van der Waals surface area contributed by atoms with Gasteiger partial charge in [0.1, 0.15) is 17.6 Å². The van der Waals surface area contributed by atoms with Gasteiger partial charge in [-0.05, 0) is 24.7 Å². The number of carbonyl (C=O) groups is 1. The van der Waals surface area contributed by atoms with E-state index in [4.69, 9.17) is 9.84 Å². The van der Waals surface area contributed by atoms with Gasteiger partial charge in [-0.3, -0.25) is 4.90 Å². The molecule has 110 valence electrons. The topological polar surface area (TPSA) is 75.5 Å². The molecule has 0 saturated heterocycles. The van der Waals surface area contributed by atoms with Crippen LogP contribution in [0.5, 0.6) is 5.75 Å². The molecule has 2 aromatic rings. The number of aromatic nitrogens is 2. The predicted molar refractivity (Wildman–Crippen MR) is 77.2 cm³/mol. The lowest BCUT2D eigenvalue weighted by molar-refractivity contribution is 0.0693. The maximum Gasteiger partial charge on any atom is 0.339 e. The predicted octanol–water partition coefficient (Wildman–Crippen LogP) is 1.82. The first-order valence-corrected chi connectivity index (χ1v) is 6.44. The fourth-order valence-electron chi connectivity index (χ4n) is 2.01. The average Bonchev–Trinajstić information content (AvgIpc) is 2.48. The van der Waals surface area contributed by atoms with Gasteiger partial charge < -0.3 is 9.84 Å². The molecule has 0 aliphatic heterocycles. The Morgan fingerprint density at radius 1 is 1.29 bits per heavy atom. The van der Waals surface area contributed by atoms with E-state index < -0.39 is 5.97 Å². The standard InChI is InChI=1S/C15H17N3O3/c1-18(8-11-3-5-12(21-2)6-4-11)9-14-13(15(19)20)7-16-10-17-14/h3-7,10H,8-9H2,1-2H3,(H,19,20). The summed E-state index contributed by atoms with van der Waals surface area (Å²) in [7, 11) is 3.54. The van der Waals surface area contributed by atoms with E-state index in [1.165, 1.54) is 12.5 Å². The molecule has 6 heteroatoms. The molecule has 0 aliphatic rings. The molecule has 1 N–H and O–H groups in total. The number of carboxylic acid groups (broad SMARTS) is 1. The van der Waals surface area contributed by atoms with E-state index >= 15 is 0 Å². The van der Waals surface area contributed by atoms with Gasteiger partial charge in [-0.2, -0.15) is 0 Å². The summed E-state index contributed by atoms with van der Waals surface area (Å²) in [5, 5.41) is 9.11. The number of ether oxygens (including phenoxy) is 1. The summed E-state index contributed by atoms with van der Waals surface area (Å²) in [4.78, 5) is 20.9. The number of carboxylic acids is 1. The third-order valence-corrected chi connectivity index (χ3v) is 3.06. The largest absolute Gasteiger partial charge is 0.497 e. The summed E-state index contributed by atoms with van der Waals surface area (Å²) in [5.74, 6) is -0.200. The van der Waals surface area contributed by atoms with E-state index in [2.05, 4.69) is 9.97 Å². The molecule has 1 heterocycles. The summed E-state index contributed by atoms with van der Waals surface area (Å²) >= 11 is 0. The van der Waals surface area contributed by atoms with Crippen LogP contribution in [0, 0.1) is 0 Å². The molecular weight excluding hydrogens is 270 g/mol. The third kappa shape index (κ3) is 4.00. The minimum atomic E-state index is -1.01. The number of nitrogens with zero attached hydrogens (tertiary/aromatic N) is 3. The molecule has 0 amide bonds. The Kier molecular flexibility index (Phi) is 4.84. The van der Waals surface area contributed by atoms with E-state index in [1.807, 2.05) is 36.2 Å². The second kappa shape index (κ2) is 6.81. The molecule has 0 saturated carbocycles. The molecule has 21 heavy (non-hydrogen) atoms. The van der Waals surface area contributed by atoms with E-state index in [-0.39, 0.29) is 5.56 Å².